The van der Waals surface area contributed by atoms with E-state index in [2.05, 4.69) is 10.4 Å². The van der Waals surface area contributed by atoms with Gasteiger partial charge in [0.15, 0.2) is 0 Å². The van der Waals surface area contributed by atoms with Crippen molar-refractivity contribution in [1.29, 1.82) is 0 Å². The van der Waals surface area contributed by atoms with E-state index in [4.69, 9.17) is 5.84 Å². The molecular formula is C13H13F2N3. The molecule has 1 aromatic heterocycles. The fourth-order valence-corrected chi connectivity index (χ4v) is 1.85. The van der Waals surface area contributed by atoms with Gasteiger partial charge in [-0.1, -0.05) is 17.7 Å². The highest BCUT2D eigenvalue weighted by Gasteiger charge is 2.19. The van der Waals surface area contributed by atoms with Crippen LogP contribution < -0.4 is 11.3 Å². The monoisotopic (exact) mass is 249 g/mol. The second kappa shape index (κ2) is 5.20. The Morgan fingerprint density at radius 1 is 1.17 bits per heavy atom. The SMILES string of the molecule is Cc1ccc(F)c(C(NN)c2ccncc2F)c1. The summed E-state index contributed by atoms with van der Waals surface area (Å²) in [7, 11) is 0. The average molecular weight is 249 g/mol. The predicted molar refractivity (Wildman–Crippen MR) is 64.5 cm³/mol. The lowest BCUT2D eigenvalue weighted by Gasteiger charge is -2.18. The maximum absolute atomic E-state index is 13.8. The molecule has 1 atom stereocenters. The average Bonchev–Trinajstić information content (AvgIpc) is 2.36. The molecule has 94 valence electrons. The van der Waals surface area contributed by atoms with Gasteiger partial charge < -0.3 is 0 Å². The van der Waals surface area contributed by atoms with Crippen LogP contribution in [-0.4, -0.2) is 4.98 Å². The van der Waals surface area contributed by atoms with E-state index < -0.39 is 17.7 Å². The summed E-state index contributed by atoms with van der Waals surface area (Å²) < 4.78 is 27.5. The molecule has 0 aliphatic heterocycles. The molecule has 0 aliphatic rings. The smallest absolute Gasteiger partial charge is 0.146 e. The summed E-state index contributed by atoms with van der Waals surface area (Å²) in [5, 5.41) is 0. The zero-order chi connectivity index (χ0) is 13.1. The van der Waals surface area contributed by atoms with Crippen LogP contribution in [-0.2, 0) is 0 Å². The molecule has 5 heteroatoms. The van der Waals surface area contributed by atoms with E-state index in [0.717, 1.165) is 11.8 Å². The van der Waals surface area contributed by atoms with Crippen LogP contribution in [0.3, 0.4) is 0 Å². The maximum Gasteiger partial charge on any atom is 0.146 e. The van der Waals surface area contributed by atoms with Crippen molar-refractivity contribution in [3.05, 3.63) is 65.0 Å². The molecule has 18 heavy (non-hydrogen) atoms. The number of pyridine rings is 1. The topological polar surface area (TPSA) is 50.9 Å². The van der Waals surface area contributed by atoms with Gasteiger partial charge in [0.05, 0.1) is 12.2 Å². The van der Waals surface area contributed by atoms with Crippen molar-refractivity contribution in [3.8, 4) is 0 Å². The first-order valence-electron chi connectivity index (χ1n) is 5.45. The standard InChI is InChI=1S/C13H13F2N3/c1-8-2-3-11(14)10(6-8)13(18-16)9-4-5-17-7-12(9)15/h2-7,13,18H,16H2,1H3. The Balaban J connectivity index is 2.52. The van der Waals surface area contributed by atoms with Gasteiger partial charge in [-0.3, -0.25) is 10.8 Å². The van der Waals surface area contributed by atoms with Gasteiger partial charge in [0.25, 0.3) is 0 Å². The van der Waals surface area contributed by atoms with Crippen LogP contribution in [0.4, 0.5) is 8.78 Å². The molecule has 0 saturated heterocycles. The minimum absolute atomic E-state index is 0.261. The fourth-order valence-electron chi connectivity index (χ4n) is 1.85. The summed E-state index contributed by atoms with van der Waals surface area (Å²) in [6.45, 7) is 1.83. The molecule has 0 bridgehead atoms. The van der Waals surface area contributed by atoms with Crippen molar-refractivity contribution >= 4 is 0 Å². The number of rotatable bonds is 3. The van der Waals surface area contributed by atoms with Crippen molar-refractivity contribution in [3.63, 3.8) is 0 Å². The van der Waals surface area contributed by atoms with Gasteiger partial charge in [0.2, 0.25) is 0 Å². The van der Waals surface area contributed by atoms with Crippen molar-refractivity contribution in [2.24, 2.45) is 5.84 Å². The van der Waals surface area contributed by atoms with E-state index in [1.165, 1.54) is 18.3 Å². The van der Waals surface area contributed by atoms with Crippen molar-refractivity contribution in [1.82, 2.24) is 10.4 Å². The first-order valence-corrected chi connectivity index (χ1v) is 5.45. The molecule has 0 amide bonds. The number of aromatic nitrogens is 1. The number of aryl methyl sites for hydroxylation is 1. The Hall–Kier alpha value is -1.85. The van der Waals surface area contributed by atoms with E-state index in [9.17, 15) is 8.78 Å². The summed E-state index contributed by atoms with van der Waals surface area (Å²) >= 11 is 0. The lowest BCUT2D eigenvalue weighted by molar-refractivity contribution is 0.528. The Morgan fingerprint density at radius 3 is 2.61 bits per heavy atom. The number of nitrogens with two attached hydrogens (primary N) is 1. The van der Waals surface area contributed by atoms with Gasteiger partial charge in [0.1, 0.15) is 11.6 Å². The highest BCUT2D eigenvalue weighted by atomic mass is 19.1. The number of nitrogens with one attached hydrogen (secondary N) is 1. The van der Waals surface area contributed by atoms with Crippen LogP contribution >= 0.6 is 0 Å². The summed E-state index contributed by atoms with van der Waals surface area (Å²) in [6.07, 6.45) is 2.52. The first kappa shape index (κ1) is 12.6. The Morgan fingerprint density at radius 2 is 1.94 bits per heavy atom. The summed E-state index contributed by atoms with van der Waals surface area (Å²) in [5.74, 6) is 4.46. The molecule has 0 radical (unpaired) electrons. The number of hydrogen-bond donors (Lipinski definition) is 2. The molecule has 2 rings (SSSR count). The molecule has 3 nitrogen and oxygen atoms in total. The lowest BCUT2D eigenvalue weighted by atomic mass is 9.98. The number of benzene rings is 1. The van der Waals surface area contributed by atoms with Crippen LogP contribution in [0.1, 0.15) is 22.7 Å². The first-order chi connectivity index (χ1) is 8.63. The van der Waals surface area contributed by atoms with Crippen LogP contribution in [0.5, 0.6) is 0 Å². The molecule has 3 N–H and O–H groups in total. The highest BCUT2D eigenvalue weighted by molar-refractivity contribution is 5.34. The summed E-state index contributed by atoms with van der Waals surface area (Å²) in [5.41, 5.74) is 3.88. The normalized spacial score (nSPS) is 12.4. The molecule has 1 heterocycles. The van der Waals surface area contributed by atoms with Gasteiger partial charge in [-0.2, -0.15) is 0 Å². The van der Waals surface area contributed by atoms with E-state index >= 15 is 0 Å². The Labute approximate surface area is 104 Å². The van der Waals surface area contributed by atoms with Crippen LogP contribution in [0.25, 0.3) is 0 Å². The minimum Gasteiger partial charge on any atom is -0.271 e. The second-order valence-electron chi connectivity index (χ2n) is 4.02. The predicted octanol–water partition coefficient (Wildman–Crippen LogP) is 2.22. The molecule has 0 saturated carbocycles. The third-order valence-corrected chi connectivity index (χ3v) is 2.74. The van der Waals surface area contributed by atoms with Crippen molar-refractivity contribution in [2.75, 3.05) is 0 Å². The zero-order valence-corrected chi connectivity index (χ0v) is 9.82. The molecule has 0 spiro atoms. The van der Waals surface area contributed by atoms with Crippen LogP contribution in [0.15, 0.2) is 36.7 Å². The molecule has 0 fully saturated rings. The number of hydrazine groups is 1. The van der Waals surface area contributed by atoms with Crippen LogP contribution in [0, 0.1) is 18.6 Å². The molecule has 1 unspecified atom stereocenters. The highest BCUT2D eigenvalue weighted by Crippen LogP contribution is 2.26. The number of halogens is 2. The van der Waals surface area contributed by atoms with E-state index in [-0.39, 0.29) is 5.56 Å². The van der Waals surface area contributed by atoms with Gasteiger partial charge in [-0.15, -0.1) is 0 Å². The van der Waals surface area contributed by atoms with Crippen LogP contribution in [0.2, 0.25) is 0 Å². The van der Waals surface area contributed by atoms with Crippen molar-refractivity contribution in [2.45, 2.75) is 13.0 Å². The fraction of sp³-hybridized carbons (Fsp3) is 0.154. The van der Waals surface area contributed by atoms with Crippen molar-refractivity contribution < 1.29 is 8.78 Å². The molecular weight excluding hydrogens is 236 g/mol. The third-order valence-electron chi connectivity index (χ3n) is 2.74. The van der Waals surface area contributed by atoms with Gasteiger partial charge in [-0.05, 0) is 19.1 Å². The maximum atomic E-state index is 13.8. The largest absolute Gasteiger partial charge is 0.271 e. The van der Waals surface area contributed by atoms with Gasteiger partial charge in [0, 0.05) is 17.3 Å². The van der Waals surface area contributed by atoms with Gasteiger partial charge in [-0.25, -0.2) is 14.2 Å². The zero-order valence-electron chi connectivity index (χ0n) is 9.82. The molecule has 1 aromatic carbocycles. The van der Waals surface area contributed by atoms with E-state index in [1.807, 2.05) is 6.92 Å². The molecule has 2 aromatic rings. The van der Waals surface area contributed by atoms with E-state index in [0.29, 0.717) is 5.56 Å². The third kappa shape index (κ3) is 2.37. The lowest BCUT2D eigenvalue weighted by Crippen LogP contribution is -2.30. The Kier molecular flexibility index (Phi) is 3.64. The summed E-state index contributed by atoms with van der Waals surface area (Å²) in [6, 6.07) is 5.36. The molecule has 0 aliphatic carbocycles. The number of hydrogen-bond acceptors (Lipinski definition) is 3. The quantitative estimate of drug-likeness (QED) is 0.647. The minimum atomic E-state index is -0.743. The second-order valence-corrected chi connectivity index (χ2v) is 4.02. The Bertz CT molecular complexity index is 558. The van der Waals surface area contributed by atoms with E-state index in [1.54, 1.807) is 12.1 Å². The summed E-state index contributed by atoms with van der Waals surface area (Å²) in [4.78, 5) is 3.66. The number of nitrogens with zero attached hydrogens (tertiary/aromatic N) is 1. The van der Waals surface area contributed by atoms with Gasteiger partial charge >= 0.3 is 0 Å².